The number of carbonyl (C=O) groups is 1. The zero-order valence-electron chi connectivity index (χ0n) is 13.1. The smallest absolute Gasteiger partial charge is 0.228 e. The molecule has 0 aliphatic heterocycles. The molecule has 0 fully saturated rings. The summed E-state index contributed by atoms with van der Waals surface area (Å²) in [5.41, 5.74) is 5.64. The zero-order valence-corrected chi connectivity index (χ0v) is 13.1. The summed E-state index contributed by atoms with van der Waals surface area (Å²) in [5, 5.41) is 12.8. The van der Waals surface area contributed by atoms with Crippen molar-refractivity contribution in [1.29, 1.82) is 5.26 Å². The van der Waals surface area contributed by atoms with Gasteiger partial charge in [0.25, 0.3) is 0 Å². The van der Waals surface area contributed by atoms with Crippen LogP contribution in [0.1, 0.15) is 28.7 Å². The number of carbonyl (C=O) groups excluding carboxylic acids is 1. The molecule has 24 heavy (non-hydrogen) atoms. The summed E-state index contributed by atoms with van der Waals surface area (Å²) >= 11 is 0. The first kappa shape index (κ1) is 14.5. The third-order valence-electron chi connectivity index (χ3n) is 4.49. The minimum atomic E-state index is -0.117. The molecule has 0 saturated heterocycles. The summed E-state index contributed by atoms with van der Waals surface area (Å²) in [6, 6.07) is 13.2. The average Bonchev–Trinajstić information content (AvgIpc) is 3.19. The van der Waals surface area contributed by atoms with Gasteiger partial charge in [-0.15, -0.1) is 0 Å². The number of rotatable bonds is 3. The largest absolute Gasteiger partial charge is 0.464 e. The van der Waals surface area contributed by atoms with Crippen molar-refractivity contribution >= 4 is 22.6 Å². The summed E-state index contributed by atoms with van der Waals surface area (Å²) in [5.74, 6) is -0.117. The van der Waals surface area contributed by atoms with Crippen LogP contribution in [0.5, 0.6) is 0 Å². The van der Waals surface area contributed by atoms with E-state index in [-0.39, 0.29) is 12.3 Å². The van der Waals surface area contributed by atoms with Gasteiger partial charge in [-0.25, -0.2) is 0 Å². The molecule has 1 N–H and O–H groups in total. The standard InChI is InChI=1S/C20H16N2O2/c21-11-13-3-1-6-17(7-13)22-20(23)10-16-12-24-19-9-15-5-2-4-14(15)8-18(16)19/h1,3,6-9,12H,2,4-5,10H2,(H,22,23). The molecule has 0 atom stereocenters. The third-order valence-corrected chi connectivity index (χ3v) is 4.49. The van der Waals surface area contributed by atoms with Gasteiger partial charge in [-0.1, -0.05) is 6.07 Å². The number of nitriles is 1. The van der Waals surface area contributed by atoms with Gasteiger partial charge in [0.05, 0.1) is 24.3 Å². The summed E-state index contributed by atoms with van der Waals surface area (Å²) in [6.45, 7) is 0. The second-order valence-electron chi connectivity index (χ2n) is 6.15. The van der Waals surface area contributed by atoms with E-state index in [0.717, 1.165) is 29.4 Å². The van der Waals surface area contributed by atoms with E-state index in [0.29, 0.717) is 11.3 Å². The Bertz CT molecular complexity index is 979. The normalized spacial score (nSPS) is 12.8. The van der Waals surface area contributed by atoms with Gasteiger partial charge >= 0.3 is 0 Å². The van der Waals surface area contributed by atoms with Gasteiger partial charge in [-0.3, -0.25) is 4.79 Å². The number of furan rings is 1. The van der Waals surface area contributed by atoms with Crippen LogP contribution in [0.25, 0.3) is 11.0 Å². The van der Waals surface area contributed by atoms with Crippen molar-refractivity contribution in [3.63, 3.8) is 0 Å². The molecular formula is C20H16N2O2. The molecule has 4 rings (SSSR count). The third kappa shape index (κ3) is 2.65. The van der Waals surface area contributed by atoms with E-state index in [1.54, 1.807) is 30.5 Å². The Morgan fingerprint density at radius 1 is 1.21 bits per heavy atom. The van der Waals surface area contributed by atoms with Crippen molar-refractivity contribution < 1.29 is 9.21 Å². The van der Waals surface area contributed by atoms with E-state index in [9.17, 15) is 4.79 Å². The molecule has 1 aromatic heterocycles. The van der Waals surface area contributed by atoms with Crippen LogP contribution in [0.4, 0.5) is 5.69 Å². The van der Waals surface area contributed by atoms with Crippen molar-refractivity contribution in [1.82, 2.24) is 0 Å². The fourth-order valence-electron chi connectivity index (χ4n) is 3.33. The molecule has 1 amide bonds. The molecule has 0 bridgehead atoms. The predicted octanol–water partition coefficient (Wildman–Crippen LogP) is 3.97. The van der Waals surface area contributed by atoms with Crippen LogP contribution < -0.4 is 5.32 Å². The lowest BCUT2D eigenvalue weighted by molar-refractivity contribution is -0.115. The zero-order chi connectivity index (χ0) is 16.5. The van der Waals surface area contributed by atoms with Crippen LogP contribution in [0.3, 0.4) is 0 Å². The Morgan fingerprint density at radius 3 is 2.88 bits per heavy atom. The monoisotopic (exact) mass is 316 g/mol. The van der Waals surface area contributed by atoms with Crippen LogP contribution in [-0.4, -0.2) is 5.91 Å². The van der Waals surface area contributed by atoms with Gasteiger partial charge in [-0.05, 0) is 60.7 Å². The van der Waals surface area contributed by atoms with E-state index in [1.807, 2.05) is 0 Å². The highest BCUT2D eigenvalue weighted by molar-refractivity contribution is 5.95. The molecule has 0 spiro atoms. The van der Waals surface area contributed by atoms with E-state index >= 15 is 0 Å². The summed E-state index contributed by atoms with van der Waals surface area (Å²) in [7, 11) is 0. The number of aryl methyl sites for hydroxylation is 2. The molecule has 0 saturated carbocycles. The maximum absolute atomic E-state index is 12.3. The van der Waals surface area contributed by atoms with Gasteiger partial charge in [-0.2, -0.15) is 5.26 Å². The van der Waals surface area contributed by atoms with E-state index in [2.05, 4.69) is 23.5 Å². The molecule has 1 heterocycles. The lowest BCUT2D eigenvalue weighted by Crippen LogP contribution is -2.14. The minimum absolute atomic E-state index is 0.117. The molecule has 1 aliphatic carbocycles. The van der Waals surface area contributed by atoms with Crippen LogP contribution in [0.2, 0.25) is 0 Å². The van der Waals surface area contributed by atoms with E-state index in [4.69, 9.17) is 9.68 Å². The molecule has 0 radical (unpaired) electrons. The van der Waals surface area contributed by atoms with Crippen molar-refractivity contribution in [2.24, 2.45) is 0 Å². The fraction of sp³-hybridized carbons (Fsp3) is 0.200. The summed E-state index contributed by atoms with van der Waals surface area (Å²) < 4.78 is 5.64. The van der Waals surface area contributed by atoms with Crippen LogP contribution >= 0.6 is 0 Å². The molecule has 0 unspecified atom stereocenters. The summed E-state index contributed by atoms with van der Waals surface area (Å²) in [6.07, 6.45) is 5.32. The predicted molar refractivity (Wildman–Crippen MR) is 91.7 cm³/mol. The molecule has 2 aromatic carbocycles. The van der Waals surface area contributed by atoms with Crippen molar-refractivity contribution in [2.75, 3.05) is 5.32 Å². The highest BCUT2D eigenvalue weighted by Gasteiger charge is 2.16. The SMILES string of the molecule is N#Cc1cccc(NC(=O)Cc2coc3cc4c(cc23)CCC4)c1. The number of anilines is 1. The molecule has 3 aromatic rings. The Balaban J connectivity index is 1.55. The quantitative estimate of drug-likeness (QED) is 0.795. The second-order valence-corrected chi connectivity index (χ2v) is 6.15. The first-order valence-electron chi connectivity index (χ1n) is 8.05. The van der Waals surface area contributed by atoms with E-state index in [1.165, 1.54) is 17.5 Å². The minimum Gasteiger partial charge on any atom is -0.464 e. The number of nitrogens with zero attached hydrogens (tertiary/aromatic N) is 1. The Kier molecular flexibility index (Phi) is 3.55. The average molecular weight is 316 g/mol. The van der Waals surface area contributed by atoms with Crippen LogP contribution in [0.15, 0.2) is 47.1 Å². The van der Waals surface area contributed by atoms with Crippen molar-refractivity contribution in [3.8, 4) is 6.07 Å². The Morgan fingerprint density at radius 2 is 2.04 bits per heavy atom. The fourth-order valence-corrected chi connectivity index (χ4v) is 3.33. The lowest BCUT2D eigenvalue weighted by Gasteiger charge is -2.05. The molecule has 4 heteroatoms. The van der Waals surface area contributed by atoms with Crippen molar-refractivity contribution in [2.45, 2.75) is 25.7 Å². The van der Waals surface area contributed by atoms with Gasteiger partial charge in [0.2, 0.25) is 5.91 Å². The maximum atomic E-state index is 12.3. The highest BCUT2D eigenvalue weighted by Crippen LogP contribution is 2.30. The Labute approximate surface area is 139 Å². The van der Waals surface area contributed by atoms with Gasteiger partial charge in [0.1, 0.15) is 5.58 Å². The highest BCUT2D eigenvalue weighted by atomic mass is 16.3. The Hall–Kier alpha value is -3.06. The first-order chi connectivity index (χ1) is 11.7. The first-order valence-corrected chi connectivity index (χ1v) is 8.05. The van der Waals surface area contributed by atoms with Gasteiger partial charge in [0, 0.05) is 16.6 Å². The molecule has 1 aliphatic rings. The second kappa shape index (κ2) is 5.86. The van der Waals surface area contributed by atoms with E-state index < -0.39 is 0 Å². The number of benzene rings is 2. The summed E-state index contributed by atoms with van der Waals surface area (Å²) in [4.78, 5) is 12.3. The van der Waals surface area contributed by atoms with Crippen molar-refractivity contribution in [3.05, 3.63) is 64.9 Å². The molecule has 4 nitrogen and oxygen atoms in total. The lowest BCUT2D eigenvalue weighted by atomic mass is 10.0. The van der Waals surface area contributed by atoms with Gasteiger partial charge < -0.3 is 9.73 Å². The number of hydrogen-bond acceptors (Lipinski definition) is 3. The number of fused-ring (bicyclic) bond motifs is 2. The van der Waals surface area contributed by atoms with Gasteiger partial charge in [0.15, 0.2) is 0 Å². The number of hydrogen-bond donors (Lipinski definition) is 1. The maximum Gasteiger partial charge on any atom is 0.228 e. The molecular weight excluding hydrogens is 300 g/mol. The van der Waals surface area contributed by atoms with Crippen LogP contribution in [0, 0.1) is 11.3 Å². The number of nitrogens with one attached hydrogen (secondary N) is 1. The van der Waals surface area contributed by atoms with Crippen LogP contribution in [-0.2, 0) is 24.1 Å². The molecule has 118 valence electrons. The topological polar surface area (TPSA) is 66.0 Å². The number of amides is 1.